The number of carbonyl (C=O) groups is 1. The molecule has 1 atom stereocenters. The number of rotatable bonds is 4. The summed E-state index contributed by atoms with van der Waals surface area (Å²) in [6.07, 6.45) is 0.134. The van der Waals surface area contributed by atoms with Crippen LogP contribution in [0.1, 0.15) is 19.8 Å². The topological polar surface area (TPSA) is 63.7 Å². The van der Waals surface area contributed by atoms with Crippen LogP contribution < -0.4 is 4.74 Å². The molecule has 1 unspecified atom stereocenters. The number of ether oxygens (including phenoxy) is 1. The summed E-state index contributed by atoms with van der Waals surface area (Å²) in [5.41, 5.74) is 0. The van der Waals surface area contributed by atoms with E-state index in [0.29, 0.717) is 23.1 Å². The van der Waals surface area contributed by atoms with E-state index < -0.39 is 21.8 Å². The molecule has 23 heavy (non-hydrogen) atoms. The molecule has 0 aromatic heterocycles. The minimum absolute atomic E-state index is 0.103. The van der Waals surface area contributed by atoms with Crippen LogP contribution in [-0.2, 0) is 14.6 Å². The lowest BCUT2D eigenvalue weighted by Crippen LogP contribution is -2.47. The number of nitrogens with zero attached hydrogens (tertiary/aromatic N) is 1. The molecule has 1 amide bonds. The summed E-state index contributed by atoms with van der Waals surface area (Å²) < 4.78 is 42.0. The summed E-state index contributed by atoms with van der Waals surface area (Å²) in [5.74, 6) is -0.0386. The van der Waals surface area contributed by atoms with Crippen molar-refractivity contribution >= 4 is 31.7 Å². The van der Waals surface area contributed by atoms with E-state index in [2.05, 4.69) is 15.9 Å². The molecule has 0 radical (unpaired) electrons. The third-order valence-corrected chi connectivity index (χ3v) is 6.30. The standard InChI is InChI=1S/C15H19BrFNO4S/c1-10(22-14-4-3-11(17)9-13(14)16)15(19)18(2)12-5-7-23(20,21)8-6-12/h3-4,9-10,12H,5-8H2,1-2H3. The van der Waals surface area contributed by atoms with E-state index in [9.17, 15) is 17.6 Å². The number of hydrogen-bond donors (Lipinski definition) is 0. The van der Waals surface area contributed by atoms with Crippen molar-refractivity contribution < 1.29 is 22.3 Å². The lowest BCUT2D eigenvalue weighted by molar-refractivity contribution is -0.138. The van der Waals surface area contributed by atoms with Gasteiger partial charge in [0.2, 0.25) is 0 Å². The number of carbonyl (C=O) groups excluding carboxylic acids is 1. The van der Waals surface area contributed by atoms with Crippen molar-refractivity contribution in [1.82, 2.24) is 4.90 Å². The van der Waals surface area contributed by atoms with Gasteiger partial charge in [-0.25, -0.2) is 12.8 Å². The summed E-state index contributed by atoms with van der Waals surface area (Å²) in [6.45, 7) is 1.62. The molecule has 8 heteroatoms. The second kappa shape index (κ2) is 7.17. The Morgan fingerprint density at radius 1 is 1.39 bits per heavy atom. The Labute approximate surface area is 143 Å². The Morgan fingerprint density at radius 2 is 2.00 bits per heavy atom. The number of halogens is 2. The van der Waals surface area contributed by atoms with E-state index >= 15 is 0 Å². The highest BCUT2D eigenvalue weighted by Gasteiger charge is 2.31. The summed E-state index contributed by atoms with van der Waals surface area (Å²) >= 11 is 3.19. The van der Waals surface area contributed by atoms with Crippen LogP contribution in [-0.4, -0.2) is 49.9 Å². The van der Waals surface area contributed by atoms with Gasteiger partial charge in [-0.2, -0.15) is 0 Å². The molecule has 1 aliphatic heterocycles. The van der Waals surface area contributed by atoms with Gasteiger partial charge < -0.3 is 9.64 Å². The monoisotopic (exact) mass is 407 g/mol. The molecule has 1 fully saturated rings. The highest BCUT2D eigenvalue weighted by Crippen LogP contribution is 2.27. The summed E-state index contributed by atoms with van der Waals surface area (Å²) in [5, 5.41) is 0. The zero-order valence-electron chi connectivity index (χ0n) is 13.0. The van der Waals surface area contributed by atoms with E-state index in [-0.39, 0.29) is 23.5 Å². The van der Waals surface area contributed by atoms with Crippen molar-refractivity contribution in [2.45, 2.75) is 31.9 Å². The fourth-order valence-electron chi connectivity index (χ4n) is 2.54. The predicted molar refractivity (Wildman–Crippen MR) is 88.6 cm³/mol. The second-order valence-corrected chi connectivity index (χ2v) is 8.82. The van der Waals surface area contributed by atoms with Crippen LogP contribution >= 0.6 is 15.9 Å². The minimum atomic E-state index is -2.96. The molecule has 1 heterocycles. The number of amides is 1. The second-order valence-electron chi connectivity index (χ2n) is 5.67. The van der Waals surface area contributed by atoms with Crippen LogP contribution in [0, 0.1) is 5.82 Å². The average molecular weight is 408 g/mol. The molecule has 0 aliphatic carbocycles. The van der Waals surface area contributed by atoms with Crippen LogP contribution in [0.2, 0.25) is 0 Å². The van der Waals surface area contributed by atoms with Gasteiger partial charge in [0.1, 0.15) is 21.4 Å². The van der Waals surface area contributed by atoms with Crippen LogP contribution in [0.25, 0.3) is 0 Å². The van der Waals surface area contributed by atoms with Gasteiger partial charge in [0.05, 0.1) is 16.0 Å². The maximum Gasteiger partial charge on any atom is 0.263 e. The summed E-state index contributed by atoms with van der Waals surface area (Å²) in [6, 6.07) is 3.87. The minimum Gasteiger partial charge on any atom is -0.480 e. The molecule has 1 aromatic carbocycles. The first-order chi connectivity index (χ1) is 10.7. The molecule has 1 aromatic rings. The number of benzene rings is 1. The van der Waals surface area contributed by atoms with Crippen LogP contribution in [0.4, 0.5) is 4.39 Å². The van der Waals surface area contributed by atoms with E-state index in [0.717, 1.165) is 0 Å². The summed E-state index contributed by atoms with van der Waals surface area (Å²) in [4.78, 5) is 14.0. The molecule has 5 nitrogen and oxygen atoms in total. The quantitative estimate of drug-likeness (QED) is 0.768. The highest BCUT2D eigenvalue weighted by molar-refractivity contribution is 9.10. The third kappa shape index (κ3) is 4.67. The van der Waals surface area contributed by atoms with Gasteiger partial charge in [0.25, 0.3) is 5.91 Å². The molecule has 1 aliphatic rings. The van der Waals surface area contributed by atoms with Crippen molar-refractivity contribution in [3.05, 3.63) is 28.5 Å². The van der Waals surface area contributed by atoms with Crippen molar-refractivity contribution in [1.29, 1.82) is 0 Å². The van der Waals surface area contributed by atoms with E-state index in [1.807, 2.05) is 0 Å². The predicted octanol–water partition coefficient (Wildman–Crippen LogP) is 2.39. The first-order valence-corrected chi connectivity index (χ1v) is 9.90. The number of likely N-dealkylation sites (N-methyl/N-ethyl adjacent to an activating group) is 1. The Morgan fingerprint density at radius 3 is 2.57 bits per heavy atom. The largest absolute Gasteiger partial charge is 0.480 e. The van der Waals surface area contributed by atoms with E-state index in [4.69, 9.17) is 4.74 Å². The molecule has 128 valence electrons. The number of hydrogen-bond acceptors (Lipinski definition) is 4. The molecular formula is C15H19BrFNO4S. The van der Waals surface area contributed by atoms with Crippen molar-refractivity contribution in [2.24, 2.45) is 0 Å². The molecule has 1 saturated heterocycles. The van der Waals surface area contributed by atoms with Gasteiger partial charge in [0, 0.05) is 13.1 Å². The van der Waals surface area contributed by atoms with Crippen LogP contribution in [0.3, 0.4) is 0 Å². The zero-order valence-corrected chi connectivity index (χ0v) is 15.4. The highest BCUT2D eigenvalue weighted by atomic mass is 79.9. The van der Waals surface area contributed by atoms with Crippen molar-refractivity contribution in [3.8, 4) is 5.75 Å². The fraction of sp³-hybridized carbons (Fsp3) is 0.533. The molecule has 2 rings (SSSR count). The Kier molecular flexibility index (Phi) is 5.67. The van der Waals surface area contributed by atoms with E-state index in [1.54, 1.807) is 18.9 Å². The van der Waals surface area contributed by atoms with E-state index in [1.165, 1.54) is 18.2 Å². The van der Waals surface area contributed by atoms with Gasteiger partial charge in [-0.05, 0) is 53.9 Å². The van der Waals surface area contributed by atoms with Crippen LogP contribution in [0.5, 0.6) is 5.75 Å². The van der Waals surface area contributed by atoms with Gasteiger partial charge in [-0.15, -0.1) is 0 Å². The Hall–Kier alpha value is -1.15. The van der Waals surface area contributed by atoms with Crippen LogP contribution in [0.15, 0.2) is 22.7 Å². The SMILES string of the molecule is CC(Oc1ccc(F)cc1Br)C(=O)N(C)C1CCS(=O)(=O)CC1. The maximum atomic E-state index is 13.1. The van der Waals surface area contributed by atoms with Crippen molar-refractivity contribution in [2.75, 3.05) is 18.6 Å². The van der Waals surface area contributed by atoms with Gasteiger partial charge in [-0.1, -0.05) is 0 Å². The first kappa shape index (κ1) is 18.2. The Balaban J connectivity index is 1.99. The fourth-order valence-corrected chi connectivity index (χ4v) is 4.45. The smallest absolute Gasteiger partial charge is 0.263 e. The molecule has 0 saturated carbocycles. The first-order valence-electron chi connectivity index (χ1n) is 7.28. The molecule has 0 N–H and O–H groups in total. The van der Waals surface area contributed by atoms with Gasteiger partial charge in [-0.3, -0.25) is 4.79 Å². The molecule has 0 spiro atoms. The Bertz CT molecular complexity index is 681. The third-order valence-electron chi connectivity index (χ3n) is 3.96. The lowest BCUT2D eigenvalue weighted by atomic mass is 10.1. The maximum absolute atomic E-state index is 13.1. The normalized spacial score (nSPS) is 19.1. The summed E-state index contributed by atoms with van der Waals surface area (Å²) in [7, 11) is -1.31. The number of sulfone groups is 1. The van der Waals surface area contributed by atoms with Crippen molar-refractivity contribution in [3.63, 3.8) is 0 Å². The van der Waals surface area contributed by atoms with Gasteiger partial charge in [0.15, 0.2) is 6.10 Å². The zero-order chi connectivity index (χ0) is 17.2. The molecular weight excluding hydrogens is 389 g/mol. The molecule has 0 bridgehead atoms. The van der Waals surface area contributed by atoms with Gasteiger partial charge >= 0.3 is 0 Å². The average Bonchev–Trinajstić information content (AvgIpc) is 2.48. The lowest BCUT2D eigenvalue weighted by Gasteiger charge is -2.32.